The molecule has 3 rings (SSSR count). The van der Waals surface area contributed by atoms with Gasteiger partial charge in [-0.15, -0.1) is 0 Å². The van der Waals surface area contributed by atoms with Gasteiger partial charge in [-0.1, -0.05) is 24.3 Å². The molecule has 2 aromatic rings. The van der Waals surface area contributed by atoms with Crippen LogP contribution in [0.15, 0.2) is 42.5 Å². The summed E-state index contributed by atoms with van der Waals surface area (Å²) in [4.78, 5) is 26.3. The maximum absolute atomic E-state index is 12.4. The molecule has 0 radical (unpaired) electrons. The minimum absolute atomic E-state index is 0.0248. The fourth-order valence-electron chi connectivity index (χ4n) is 3.95. The number of amides is 1. The Morgan fingerprint density at radius 2 is 1.84 bits per heavy atom. The predicted octanol–water partition coefficient (Wildman–Crippen LogP) is 4.01. The summed E-state index contributed by atoms with van der Waals surface area (Å²) in [5.41, 5.74) is 3.26. The second-order valence-electron chi connectivity index (χ2n) is 8.90. The molecule has 0 atom stereocenters. The lowest BCUT2D eigenvalue weighted by Crippen LogP contribution is -2.53. The minimum Gasteiger partial charge on any atom is -0.493 e. The number of hydrogen-bond acceptors (Lipinski definition) is 5. The Morgan fingerprint density at radius 3 is 2.56 bits per heavy atom. The van der Waals surface area contributed by atoms with Gasteiger partial charge < -0.3 is 14.8 Å². The number of carbonyl (C=O) groups is 2. The molecule has 0 fully saturated rings. The zero-order valence-corrected chi connectivity index (χ0v) is 19.6. The highest BCUT2D eigenvalue weighted by Crippen LogP contribution is 2.28. The van der Waals surface area contributed by atoms with Crippen molar-refractivity contribution in [2.75, 3.05) is 26.8 Å². The van der Waals surface area contributed by atoms with E-state index in [2.05, 4.69) is 48.3 Å². The topological polar surface area (TPSA) is 67.9 Å². The number of ether oxygens (including phenoxy) is 2. The molecule has 1 N–H and O–H groups in total. The predicted molar refractivity (Wildman–Crippen MR) is 125 cm³/mol. The number of rotatable bonds is 10. The Bertz CT molecular complexity index is 955. The molecule has 32 heavy (non-hydrogen) atoms. The van der Waals surface area contributed by atoms with Crippen molar-refractivity contribution in [1.82, 2.24) is 10.2 Å². The first-order valence-corrected chi connectivity index (χ1v) is 11.2. The average Bonchev–Trinajstić information content (AvgIpc) is 2.80. The Morgan fingerprint density at radius 1 is 1.09 bits per heavy atom. The van der Waals surface area contributed by atoms with Crippen LogP contribution in [0.1, 0.15) is 55.1 Å². The fraction of sp³-hybridized carbons (Fsp3) is 0.462. The molecule has 1 aliphatic rings. The van der Waals surface area contributed by atoms with Crippen molar-refractivity contribution in [3.63, 3.8) is 0 Å². The maximum Gasteiger partial charge on any atom is 0.220 e. The number of methoxy groups -OCH3 is 1. The van der Waals surface area contributed by atoms with Gasteiger partial charge in [-0.05, 0) is 62.9 Å². The Labute approximate surface area is 190 Å². The van der Waals surface area contributed by atoms with E-state index in [1.54, 1.807) is 25.3 Å². The molecular weight excluding hydrogens is 404 g/mol. The van der Waals surface area contributed by atoms with E-state index in [1.165, 1.54) is 18.1 Å². The number of hydrogen-bond donors (Lipinski definition) is 1. The van der Waals surface area contributed by atoms with Gasteiger partial charge in [0, 0.05) is 37.2 Å². The van der Waals surface area contributed by atoms with Crippen molar-refractivity contribution in [2.24, 2.45) is 0 Å². The molecule has 1 heterocycles. The van der Waals surface area contributed by atoms with Gasteiger partial charge in [0.2, 0.25) is 5.91 Å². The third-order valence-corrected chi connectivity index (χ3v) is 6.08. The van der Waals surface area contributed by atoms with E-state index in [1.807, 2.05) is 0 Å². The van der Waals surface area contributed by atoms with E-state index >= 15 is 0 Å². The van der Waals surface area contributed by atoms with Gasteiger partial charge in [0.15, 0.2) is 17.3 Å². The monoisotopic (exact) mass is 438 g/mol. The van der Waals surface area contributed by atoms with Gasteiger partial charge in [-0.2, -0.15) is 0 Å². The largest absolute Gasteiger partial charge is 0.493 e. The van der Waals surface area contributed by atoms with Crippen molar-refractivity contribution in [1.29, 1.82) is 0 Å². The number of fused-ring (bicyclic) bond motifs is 1. The van der Waals surface area contributed by atoms with Gasteiger partial charge in [0.25, 0.3) is 0 Å². The van der Waals surface area contributed by atoms with Gasteiger partial charge in [0.05, 0.1) is 13.7 Å². The minimum atomic E-state index is -0.120. The molecule has 1 amide bonds. The molecule has 0 aliphatic carbocycles. The molecule has 0 aromatic heterocycles. The van der Waals surface area contributed by atoms with E-state index in [9.17, 15) is 9.59 Å². The standard InChI is InChI=1S/C26H34N2O4/c1-19(29)21-11-12-23(24(16-21)31-4)32-15-7-10-25(30)27-18-26(2,3)28-14-13-20-8-5-6-9-22(20)17-28/h5-6,8-9,11-12,16H,7,10,13-15,17-18H2,1-4H3,(H,27,30). The van der Waals surface area contributed by atoms with Crippen LogP contribution in [0.2, 0.25) is 0 Å². The number of nitrogens with one attached hydrogen (secondary N) is 1. The number of ketones is 1. The highest BCUT2D eigenvalue weighted by Gasteiger charge is 2.30. The van der Waals surface area contributed by atoms with E-state index in [0.717, 1.165) is 19.5 Å². The molecule has 0 bridgehead atoms. The molecule has 0 saturated heterocycles. The number of carbonyl (C=O) groups excluding carboxylic acids is 2. The number of Topliss-reactive ketones (excluding diaryl/α,β-unsaturated/α-hetero) is 1. The molecular formula is C26H34N2O4. The number of benzene rings is 2. The first-order valence-electron chi connectivity index (χ1n) is 11.2. The van der Waals surface area contributed by atoms with Gasteiger partial charge >= 0.3 is 0 Å². The summed E-state index contributed by atoms with van der Waals surface area (Å²) in [5, 5.41) is 3.09. The summed E-state index contributed by atoms with van der Waals surface area (Å²) in [7, 11) is 1.54. The summed E-state index contributed by atoms with van der Waals surface area (Å²) >= 11 is 0. The number of nitrogens with zero attached hydrogens (tertiary/aromatic N) is 1. The first-order chi connectivity index (χ1) is 15.3. The zero-order chi connectivity index (χ0) is 23.1. The van der Waals surface area contributed by atoms with Crippen LogP contribution in [-0.2, 0) is 17.8 Å². The summed E-state index contributed by atoms with van der Waals surface area (Å²) < 4.78 is 11.1. The summed E-state index contributed by atoms with van der Waals surface area (Å²) in [6, 6.07) is 13.7. The normalized spacial score (nSPS) is 13.9. The Hall–Kier alpha value is -2.86. The van der Waals surface area contributed by atoms with Crippen LogP contribution in [0.4, 0.5) is 0 Å². The SMILES string of the molecule is COc1cc(C(C)=O)ccc1OCCCC(=O)NCC(C)(C)N1CCc2ccccc2C1. The van der Waals surface area contributed by atoms with Crippen LogP contribution in [0.3, 0.4) is 0 Å². The van der Waals surface area contributed by atoms with Crippen LogP contribution < -0.4 is 14.8 Å². The second-order valence-corrected chi connectivity index (χ2v) is 8.90. The third kappa shape index (κ3) is 6.10. The van der Waals surface area contributed by atoms with Crippen LogP contribution >= 0.6 is 0 Å². The van der Waals surface area contributed by atoms with Crippen molar-refractivity contribution >= 4 is 11.7 Å². The molecule has 0 unspecified atom stereocenters. The maximum atomic E-state index is 12.4. The first kappa shape index (κ1) is 23.8. The zero-order valence-electron chi connectivity index (χ0n) is 19.6. The van der Waals surface area contributed by atoms with E-state index < -0.39 is 0 Å². The molecule has 172 valence electrons. The van der Waals surface area contributed by atoms with Crippen LogP contribution in [0.25, 0.3) is 0 Å². The Balaban J connectivity index is 1.41. The van der Waals surface area contributed by atoms with Crippen molar-refractivity contribution in [3.8, 4) is 11.5 Å². The van der Waals surface area contributed by atoms with Gasteiger partial charge in [0.1, 0.15) is 0 Å². The third-order valence-electron chi connectivity index (χ3n) is 6.08. The summed E-state index contributed by atoms with van der Waals surface area (Å²) in [5.74, 6) is 1.10. The summed E-state index contributed by atoms with van der Waals surface area (Å²) in [6.07, 6.45) is 2.04. The molecule has 0 saturated carbocycles. The summed E-state index contributed by atoms with van der Waals surface area (Å²) in [6.45, 7) is 8.79. The lowest BCUT2D eigenvalue weighted by atomic mass is 9.94. The van der Waals surface area contributed by atoms with Crippen molar-refractivity contribution < 1.29 is 19.1 Å². The van der Waals surface area contributed by atoms with Gasteiger partial charge in [-0.3, -0.25) is 14.5 Å². The van der Waals surface area contributed by atoms with Crippen LogP contribution in [0, 0.1) is 0 Å². The molecule has 1 aliphatic heterocycles. The van der Waals surface area contributed by atoms with Gasteiger partial charge in [-0.25, -0.2) is 0 Å². The van der Waals surface area contributed by atoms with E-state index in [0.29, 0.717) is 43.1 Å². The van der Waals surface area contributed by atoms with Crippen LogP contribution in [0.5, 0.6) is 11.5 Å². The van der Waals surface area contributed by atoms with E-state index in [4.69, 9.17) is 9.47 Å². The highest BCUT2D eigenvalue weighted by molar-refractivity contribution is 5.94. The van der Waals surface area contributed by atoms with E-state index in [-0.39, 0.29) is 17.2 Å². The van der Waals surface area contributed by atoms with Crippen molar-refractivity contribution in [3.05, 3.63) is 59.2 Å². The van der Waals surface area contributed by atoms with Crippen molar-refractivity contribution in [2.45, 2.75) is 52.1 Å². The quantitative estimate of drug-likeness (QED) is 0.448. The molecule has 6 heteroatoms. The second kappa shape index (κ2) is 10.6. The highest BCUT2D eigenvalue weighted by atomic mass is 16.5. The lowest BCUT2D eigenvalue weighted by Gasteiger charge is -2.41. The average molecular weight is 439 g/mol. The van der Waals surface area contributed by atoms with Crippen LogP contribution in [-0.4, -0.2) is 48.9 Å². The molecule has 2 aromatic carbocycles. The molecule has 0 spiro atoms. The lowest BCUT2D eigenvalue weighted by molar-refractivity contribution is -0.122. The fourth-order valence-corrected chi connectivity index (χ4v) is 3.95. The smallest absolute Gasteiger partial charge is 0.220 e. The Kier molecular flexibility index (Phi) is 7.91. The molecule has 6 nitrogen and oxygen atoms in total.